The third-order valence-corrected chi connectivity index (χ3v) is 3.70. The van der Waals surface area contributed by atoms with E-state index in [1.807, 2.05) is 0 Å². The van der Waals surface area contributed by atoms with Gasteiger partial charge >= 0.3 is 5.69 Å². The number of fused-ring (bicyclic) bond motifs is 1. The second-order valence-corrected chi connectivity index (χ2v) is 5.03. The number of para-hydroxylation sites is 2. The smallest absolute Gasteiger partial charge is 0.305 e. The van der Waals surface area contributed by atoms with Gasteiger partial charge in [0.25, 0.3) is 5.91 Å². The van der Waals surface area contributed by atoms with Crippen LogP contribution in [0.25, 0.3) is 11.0 Å². The molecule has 3 aromatic rings. The van der Waals surface area contributed by atoms with Gasteiger partial charge in [0.15, 0.2) is 0 Å². The summed E-state index contributed by atoms with van der Waals surface area (Å²) in [6.45, 7) is 0. The number of hydrogen-bond acceptors (Lipinski definition) is 2. The summed E-state index contributed by atoms with van der Waals surface area (Å²) in [5.74, 6) is -0.453. The molecule has 3 rings (SSSR count). The lowest BCUT2D eigenvalue weighted by atomic mass is 10.2. The SMILES string of the molecule is O=C(c1ccc(Cl)c(Cl)c1)n1c(=O)[nH]c2ccccc21. The first kappa shape index (κ1) is 13.0. The van der Waals surface area contributed by atoms with Crippen LogP contribution in [-0.4, -0.2) is 15.5 Å². The zero-order chi connectivity index (χ0) is 14.3. The molecule has 100 valence electrons. The molecule has 0 saturated heterocycles. The number of benzene rings is 2. The second-order valence-electron chi connectivity index (χ2n) is 4.22. The first-order chi connectivity index (χ1) is 9.58. The van der Waals surface area contributed by atoms with Crippen LogP contribution in [0.5, 0.6) is 0 Å². The maximum atomic E-state index is 12.4. The normalized spacial score (nSPS) is 10.9. The van der Waals surface area contributed by atoms with Crippen LogP contribution < -0.4 is 5.69 Å². The average molecular weight is 307 g/mol. The van der Waals surface area contributed by atoms with Crippen molar-refractivity contribution in [2.75, 3.05) is 0 Å². The predicted molar refractivity (Wildman–Crippen MR) is 78.7 cm³/mol. The van der Waals surface area contributed by atoms with Crippen molar-refractivity contribution in [2.45, 2.75) is 0 Å². The third kappa shape index (κ3) is 2.03. The van der Waals surface area contributed by atoms with E-state index in [0.29, 0.717) is 21.6 Å². The summed E-state index contributed by atoms with van der Waals surface area (Å²) in [7, 11) is 0. The minimum atomic E-state index is -0.484. The van der Waals surface area contributed by atoms with Crippen molar-refractivity contribution < 1.29 is 4.79 Å². The van der Waals surface area contributed by atoms with E-state index in [4.69, 9.17) is 23.2 Å². The highest BCUT2D eigenvalue weighted by molar-refractivity contribution is 6.42. The van der Waals surface area contributed by atoms with Gasteiger partial charge in [0.2, 0.25) is 0 Å². The number of carbonyl (C=O) groups is 1. The molecule has 0 aliphatic rings. The Morgan fingerprint density at radius 1 is 1.05 bits per heavy atom. The summed E-state index contributed by atoms with van der Waals surface area (Å²) in [4.78, 5) is 27.0. The van der Waals surface area contributed by atoms with Crippen molar-refractivity contribution in [3.63, 3.8) is 0 Å². The lowest BCUT2D eigenvalue weighted by Gasteiger charge is -2.03. The molecular weight excluding hydrogens is 299 g/mol. The molecule has 1 heterocycles. The molecule has 0 unspecified atom stereocenters. The molecular formula is C14H8Cl2N2O2. The van der Waals surface area contributed by atoms with E-state index in [1.54, 1.807) is 24.3 Å². The molecule has 0 aliphatic carbocycles. The molecule has 4 nitrogen and oxygen atoms in total. The van der Waals surface area contributed by atoms with Crippen LogP contribution in [0.2, 0.25) is 10.0 Å². The molecule has 0 fully saturated rings. The van der Waals surface area contributed by atoms with E-state index in [-0.39, 0.29) is 5.02 Å². The van der Waals surface area contributed by atoms with Crippen molar-refractivity contribution in [3.05, 3.63) is 68.6 Å². The van der Waals surface area contributed by atoms with Crippen LogP contribution in [0.4, 0.5) is 0 Å². The molecule has 1 aromatic heterocycles. The summed E-state index contributed by atoms with van der Waals surface area (Å²) in [6, 6.07) is 11.5. The molecule has 0 amide bonds. The molecule has 0 saturated carbocycles. The van der Waals surface area contributed by atoms with Crippen molar-refractivity contribution in [2.24, 2.45) is 0 Å². The van der Waals surface area contributed by atoms with Gasteiger partial charge < -0.3 is 4.98 Å². The Morgan fingerprint density at radius 3 is 2.55 bits per heavy atom. The van der Waals surface area contributed by atoms with E-state index in [1.165, 1.54) is 18.2 Å². The number of rotatable bonds is 1. The second kappa shape index (κ2) is 4.81. The van der Waals surface area contributed by atoms with Gasteiger partial charge in [0.1, 0.15) is 0 Å². The van der Waals surface area contributed by atoms with Crippen LogP contribution in [-0.2, 0) is 0 Å². The number of nitrogens with zero attached hydrogens (tertiary/aromatic N) is 1. The van der Waals surface area contributed by atoms with Gasteiger partial charge in [-0.15, -0.1) is 0 Å². The minimum absolute atomic E-state index is 0.269. The molecule has 0 bridgehead atoms. The third-order valence-electron chi connectivity index (χ3n) is 2.96. The largest absolute Gasteiger partial charge is 0.333 e. The van der Waals surface area contributed by atoms with Crippen LogP contribution in [0.3, 0.4) is 0 Å². The molecule has 0 spiro atoms. The average Bonchev–Trinajstić information content (AvgIpc) is 2.77. The number of nitrogens with one attached hydrogen (secondary N) is 1. The standard InChI is InChI=1S/C14H8Cl2N2O2/c15-9-6-5-8(7-10(9)16)13(19)18-12-4-2-1-3-11(12)17-14(18)20/h1-7H,(H,17,20). The Hall–Kier alpha value is -2.04. The number of hydrogen-bond donors (Lipinski definition) is 1. The van der Waals surface area contributed by atoms with Gasteiger partial charge in [-0.2, -0.15) is 0 Å². The fraction of sp³-hybridized carbons (Fsp3) is 0. The Morgan fingerprint density at radius 2 is 1.80 bits per heavy atom. The van der Waals surface area contributed by atoms with Crippen molar-refractivity contribution >= 4 is 40.1 Å². The fourth-order valence-corrected chi connectivity index (χ4v) is 2.31. The van der Waals surface area contributed by atoms with Gasteiger partial charge in [-0.05, 0) is 30.3 Å². The topological polar surface area (TPSA) is 54.9 Å². The van der Waals surface area contributed by atoms with Gasteiger partial charge in [0.05, 0.1) is 21.1 Å². The Labute approximate surface area is 123 Å². The van der Waals surface area contributed by atoms with Gasteiger partial charge in [-0.1, -0.05) is 35.3 Å². The number of aromatic amines is 1. The van der Waals surface area contributed by atoms with Gasteiger partial charge in [-0.25, -0.2) is 9.36 Å². The number of imidazole rings is 1. The molecule has 20 heavy (non-hydrogen) atoms. The van der Waals surface area contributed by atoms with E-state index in [0.717, 1.165) is 4.57 Å². The number of aromatic nitrogens is 2. The lowest BCUT2D eigenvalue weighted by molar-refractivity contribution is 0.0961. The molecule has 1 N–H and O–H groups in total. The minimum Gasteiger partial charge on any atom is -0.305 e. The zero-order valence-corrected chi connectivity index (χ0v) is 11.6. The maximum absolute atomic E-state index is 12.4. The maximum Gasteiger partial charge on any atom is 0.333 e. The monoisotopic (exact) mass is 306 g/mol. The molecule has 0 aliphatic heterocycles. The number of halogens is 2. The van der Waals surface area contributed by atoms with Crippen molar-refractivity contribution in [3.8, 4) is 0 Å². The predicted octanol–water partition coefficient (Wildman–Crippen LogP) is 3.32. The summed E-state index contributed by atoms with van der Waals surface area (Å²) >= 11 is 11.7. The zero-order valence-electron chi connectivity index (χ0n) is 10.1. The van der Waals surface area contributed by atoms with Crippen LogP contribution in [0.1, 0.15) is 10.4 Å². The highest BCUT2D eigenvalue weighted by Crippen LogP contribution is 2.23. The highest BCUT2D eigenvalue weighted by Gasteiger charge is 2.16. The van der Waals surface area contributed by atoms with E-state index in [9.17, 15) is 9.59 Å². The summed E-state index contributed by atoms with van der Waals surface area (Å²) in [5, 5.41) is 0.625. The Kier molecular flexibility index (Phi) is 3.12. The molecule has 0 radical (unpaired) electrons. The van der Waals surface area contributed by atoms with Gasteiger partial charge in [-0.3, -0.25) is 4.79 Å². The Bertz CT molecular complexity index is 880. The van der Waals surface area contributed by atoms with Crippen LogP contribution in [0.15, 0.2) is 47.3 Å². The first-order valence-corrected chi connectivity index (χ1v) is 6.53. The lowest BCUT2D eigenvalue weighted by Crippen LogP contribution is -2.24. The van der Waals surface area contributed by atoms with E-state index in [2.05, 4.69) is 4.98 Å². The molecule has 0 atom stereocenters. The van der Waals surface area contributed by atoms with Crippen molar-refractivity contribution in [1.82, 2.24) is 9.55 Å². The van der Waals surface area contributed by atoms with Crippen LogP contribution in [0, 0.1) is 0 Å². The summed E-state index contributed by atoms with van der Waals surface area (Å²) in [6.07, 6.45) is 0. The fourth-order valence-electron chi connectivity index (χ4n) is 2.01. The number of carbonyl (C=O) groups excluding carboxylic acids is 1. The van der Waals surface area contributed by atoms with Crippen molar-refractivity contribution in [1.29, 1.82) is 0 Å². The van der Waals surface area contributed by atoms with E-state index < -0.39 is 11.6 Å². The molecule has 6 heteroatoms. The summed E-state index contributed by atoms with van der Waals surface area (Å²) in [5.41, 5.74) is 0.938. The quantitative estimate of drug-likeness (QED) is 0.750. The summed E-state index contributed by atoms with van der Waals surface area (Å²) < 4.78 is 1.08. The highest BCUT2D eigenvalue weighted by atomic mass is 35.5. The van der Waals surface area contributed by atoms with Gasteiger partial charge in [0, 0.05) is 5.56 Å². The first-order valence-electron chi connectivity index (χ1n) is 5.77. The molecule has 2 aromatic carbocycles. The van der Waals surface area contributed by atoms with E-state index >= 15 is 0 Å². The van der Waals surface area contributed by atoms with Crippen LogP contribution >= 0.6 is 23.2 Å². The number of H-pyrrole nitrogens is 1. The Balaban J connectivity index is 2.20.